The van der Waals surface area contributed by atoms with Gasteiger partial charge >= 0.3 is 0 Å². The van der Waals surface area contributed by atoms with Gasteiger partial charge < -0.3 is 5.32 Å². The Kier molecular flexibility index (Phi) is 4.77. The zero-order valence-electron chi connectivity index (χ0n) is 11.8. The van der Waals surface area contributed by atoms with Gasteiger partial charge in [-0.15, -0.1) is 0 Å². The lowest BCUT2D eigenvalue weighted by atomic mass is 9.97. The molecule has 0 bridgehead atoms. The van der Waals surface area contributed by atoms with Crippen molar-refractivity contribution in [1.29, 1.82) is 0 Å². The monoisotopic (exact) mass is 261 g/mol. The number of aromatic nitrogens is 2. The van der Waals surface area contributed by atoms with Crippen LogP contribution in [0.25, 0.3) is 0 Å². The molecule has 1 aliphatic carbocycles. The molecule has 0 unspecified atom stereocenters. The van der Waals surface area contributed by atoms with Crippen molar-refractivity contribution in [3.63, 3.8) is 0 Å². The zero-order chi connectivity index (χ0) is 13.7. The second kappa shape index (κ2) is 6.55. The van der Waals surface area contributed by atoms with Crippen LogP contribution in [-0.2, 0) is 11.2 Å². The first-order valence-corrected chi connectivity index (χ1v) is 7.11. The number of allylic oxidation sites excluding steroid dienone is 1. The molecular weight excluding hydrogens is 238 g/mol. The van der Waals surface area contributed by atoms with Gasteiger partial charge in [0.2, 0.25) is 5.91 Å². The Morgan fingerprint density at radius 3 is 3.00 bits per heavy atom. The van der Waals surface area contributed by atoms with Gasteiger partial charge in [0.15, 0.2) is 0 Å². The van der Waals surface area contributed by atoms with Crippen molar-refractivity contribution in [2.24, 2.45) is 0 Å². The maximum Gasteiger partial charge on any atom is 0.224 e. The van der Waals surface area contributed by atoms with E-state index in [9.17, 15) is 4.79 Å². The fourth-order valence-electron chi connectivity index (χ4n) is 2.54. The Morgan fingerprint density at radius 2 is 2.37 bits per heavy atom. The van der Waals surface area contributed by atoms with Crippen molar-refractivity contribution in [3.05, 3.63) is 29.1 Å². The molecule has 2 rings (SSSR count). The molecule has 104 valence electrons. The topological polar surface area (TPSA) is 57.8 Å². The third kappa shape index (κ3) is 4.54. The number of nitrogens with one attached hydrogen (secondary N) is 2. The van der Waals surface area contributed by atoms with Crippen LogP contribution in [-0.4, -0.2) is 22.1 Å². The van der Waals surface area contributed by atoms with Gasteiger partial charge in [0.25, 0.3) is 0 Å². The van der Waals surface area contributed by atoms with Gasteiger partial charge in [0.05, 0.1) is 5.69 Å². The average molecular weight is 261 g/mol. The highest BCUT2D eigenvalue weighted by atomic mass is 16.1. The number of carbonyl (C=O) groups excluding carboxylic acids is 1. The molecule has 0 saturated carbocycles. The van der Waals surface area contributed by atoms with Crippen molar-refractivity contribution < 1.29 is 4.79 Å². The lowest BCUT2D eigenvalue weighted by molar-refractivity contribution is -0.121. The van der Waals surface area contributed by atoms with Crippen LogP contribution in [0.15, 0.2) is 17.7 Å². The highest BCUT2D eigenvalue weighted by Crippen LogP contribution is 2.19. The van der Waals surface area contributed by atoms with E-state index in [4.69, 9.17) is 0 Å². The maximum absolute atomic E-state index is 11.9. The molecule has 0 spiro atoms. The molecule has 2 N–H and O–H groups in total. The number of nitrogens with zero attached hydrogens (tertiary/aromatic N) is 1. The van der Waals surface area contributed by atoms with Gasteiger partial charge in [0, 0.05) is 24.6 Å². The van der Waals surface area contributed by atoms with Crippen molar-refractivity contribution in [1.82, 2.24) is 15.5 Å². The summed E-state index contributed by atoms with van der Waals surface area (Å²) in [6.45, 7) is 4.01. The largest absolute Gasteiger partial charge is 0.353 e. The quantitative estimate of drug-likeness (QED) is 0.801. The minimum atomic E-state index is 0.124. The van der Waals surface area contributed by atoms with Gasteiger partial charge in [-0.05, 0) is 45.6 Å². The fourth-order valence-corrected chi connectivity index (χ4v) is 2.54. The Labute approximate surface area is 114 Å². The number of rotatable bonds is 5. The van der Waals surface area contributed by atoms with Crippen LogP contribution in [0.4, 0.5) is 0 Å². The van der Waals surface area contributed by atoms with E-state index in [1.807, 2.05) is 19.9 Å². The highest BCUT2D eigenvalue weighted by Gasteiger charge is 2.12. The molecule has 1 atom stereocenters. The van der Waals surface area contributed by atoms with Crippen LogP contribution in [0, 0.1) is 6.92 Å². The van der Waals surface area contributed by atoms with Gasteiger partial charge in [-0.2, -0.15) is 5.10 Å². The first kappa shape index (κ1) is 13.8. The van der Waals surface area contributed by atoms with Crippen LogP contribution in [0.1, 0.15) is 50.4 Å². The minimum absolute atomic E-state index is 0.124. The molecule has 4 nitrogen and oxygen atoms in total. The predicted molar refractivity (Wildman–Crippen MR) is 75.8 cm³/mol. The smallest absolute Gasteiger partial charge is 0.224 e. The van der Waals surface area contributed by atoms with Gasteiger partial charge in [-0.1, -0.05) is 11.6 Å². The standard InChI is InChI=1S/C15H23N3O/c1-11(8-14-9-12(2)17-18-14)16-15(19)10-13-6-4-3-5-7-13/h6,9,11H,3-5,7-8,10H2,1-2H3,(H,16,19)(H,17,18)/t11-/m1/s1. The molecule has 1 aromatic heterocycles. The normalized spacial score (nSPS) is 16.8. The van der Waals surface area contributed by atoms with Crippen LogP contribution in [0.2, 0.25) is 0 Å². The molecule has 0 aliphatic heterocycles. The molecule has 0 aromatic carbocycles. The predicted octanol–water partition coefficient (Wildman–Crippen LogP) is 2.66. The maximum atomic E-state index is 11.9. The SMILES string of the molecule is Cc1cc(C[C@@H](C)NC(=O)CC2=CCCCC2)n[nH]1. The Hall–Kier alpha value is -1.58. The van der Waals surface area contributed by atoms with Crippen molar-refractivity contribution >= 4 is 5.91 Å². The molecule has 1 aromatic rings. The summed E-state index contributed by atoms with van der Waals surface area (Å²) >= 11 is 0. The summed E-state index contributed by atoms with van der Waals surface area (Å²) in [5.41, 5.74) is 3.36. The summed E-state index contributed by atoms with van der Waals surface area (Å²) in [6, 6.07) is 2.14. The molecule has 0 radical (unpaired) electrons. The Bertz CT molecular complexity index is 462. The number of H-pyrrole nitrogens is 1. The summed E-state index contributed by atoms with van der Waals surface area (Å²) < 4.78 is 0. The summed E-state index contributed by atoms with van der Waals surface area (Å²) in [6.07, 6.45) is 8.26. The van der Waals surface area contributed by atoms with Crippen LogP contribution >= 0.6 is 0 Å². The number of amides is 1. The number of carbonyl (C=O) groups is 1. The van der Waals surface area contributed by atoms with Crippen molar-refractivity contribution in [2.45, 2.75) is 58.4 Å². The van der Waals surface area contributed by atoms with Crippen LogP contribution in [0.3, 0.4) is 0 Å². The van der Waals surface area contributed by atoms with Crippen LogP contribution < -0.4 is 5.32 Å². The Morgan fingerprint density at radius 1 is 1.53 bits per heavy atom. The first-order valence-electron chi connectivity index (χ1n) is 7.11. The molecule has 4 heteroatoms. The lowest BCUT2D eigenvalue weighted by Gasteiger charge is -2.15. The average Bonchev–Trinajstić information content (AvgIpc) is 2.75. The van der Waals surface area contributed by atoms with E-state index in [2.05, 4.69) is 21.6 Å². The third-order valence-electron chi connectivity index (χ3n) is 3.45. The molecule has 0 saturated heterocycles. The van der Waals surface area contributed by atoms with E-state index in [0.29, 0.717) is 6.42 Å². The van der Waals surface area contributed by atoms with E-state index in [0.717, 1.165) is 30.7 Å². The third-order valence-corrected chi connectivity index (χ3v) is 3.45. The molecule has 0 fully saturated rings. The summed E-state index contributed by atoms with van der Waals surface area (Å²) in [4.78, 5) is 11.9. The van der Waals surface area contributed by atoms with Gasteiger partial charge in [-0.3, -0.25) is 9.89 Å². The van der Waals surface area contributed by atoms with E-state index in [-0.39, 0.29) is 11.9 Å². The molecule has 1 aliphatic rings. The van der Waals surface area contributed by atoms with Crippen molar-refractivity contribution in [2.75, 3.05) is 0 Å². The van der Waals surface area contributed by atoms with E-state index in [1.54, 1.807) is 0 Å². The molecule has 1 heterocycles. The van der Waals surface area contributed by atoms with Gasteiger partial charge in [0.1, 0.15) is 0 Å². The van der Waals surface area contributed by atoms with E-state index < -0.39 is 0 Å². The molecular formula is C15H23N3O. The second-order valence-corrected chi connectivity index (χ2v) is 5.50. The lowest BCUT2D eigenvalue weighted by Crippen LogP contribution is -2.34. The zero-order valence-corrected chi connectivity index (χ0v) is 11.8. The number of hydrogen-bond acceptors (Lipinski definition) is 2. The summed E-state index contributed by atoms with van der Waals surface area (Å²) in [7, 11) is 0. The van der Waals surface area contributed by atoms with E-state index in [1.165, 1.54) is 18.4 Å². The number of hydrogen-bond donors (Lipinski definition) is 2. The van der Waals surface area contributed by atoms with Crippen molar-refractivity contribution in [3.8, 4) is 0 Å². The van der Waals surface area contributed by atoms with E-state index >= 15 is 0 Å². The molecule has 1 amide bonds. The second-order valence-electron chi connectivity index (χ2n) is 5.50. The first-order chi connectivity index (χ1) is 9.13. The summed E-state index contributed by atoms with van der Waals surface area (Å²) in [5.74, 6) is 0.132. The highest BCUT2D eigenvalue weighted by molar-refractivity contribution is 5.78. The fraction of sp³-hybridized carbons (Fsp3) is 0.600. The minimum Gasteiger partial charge on any atom is -0.353 e. The Balaban J connectivity index is 1.76. The number of aryl methyl sites for hydroxylation is 1. The molecule has 19 heavy (non-hydrogen) atoms. The summed E-state index contributed by atoms with van der Waals surface area (Å²) in [5, 5.41) is 10.2. The van der Waals surface area contributed by atoms with Crippen LogP contribution in [0.5, 0.6) is 0 Å². The van der Waals surface area contributed by atoms with Gasteiger partial charge in [-0.25, -0.2) is 0 Å². The number of aromatic amines is 1.